The smallest absolute Gasteiger partial charge is 0.263 e. The van der Waals surface area contributed by atoms with Crippen molar-refractivity contribution in [2.45, 2.75) is 53.1 Å². The minimum atomic E-state index is -0.216. The van der Waals surface area contributed by atoms with Crippen LogP contribution in [0.2, 0.25) is 10.0 Å². The summed E-state index contributed by atoms with van der Waals surface area (Å²) < 4.78 is 1.68. The van der Waals surface area contributed by atoms with Gasteiger partial charge in [0.15, 0.2) is 5.75 Å². The molecule has 0 radical (unpaired) electrons. The molecule has 1 fully saturated rings. The van der Waals surface area contributed by atoms with Crippen LogP contribution in [0.25, 0.3) is 10.9 Å². The number of phenolic OH excluding ortho intramolecular Hbond substituents is 1. The van der Waals surface area contributed by atoms with Gasteiger partial charge in [-0.15, -0.1) is 0 Å². The minimum absolute atomic E-state index is 0.0989. The number of benzene rings is 1. The molecule has 25 heavy (non-hydrogen) atoms. The summed E-state index contributed by atoms with van der Waals surface area (Å²) in [7, 11) is 0. The highest BCUT2D eigenvalue weighted by molar-refractivity contribution is 6.39. The lowest BCUT2D eigenvalue weighted by atomic mass is 10.2. The Morgan fingerprint density at radius 1 is 1.32 bits per heavy atom. The second-order valence-corrected chi connectivity index (χ2v) is 6.79. The van der Waals surface area contributed by atoms with Crippen LogP contribution >= 0.6 is 23.2 Å². The first-order valence-electron chi connectivity index (χ1n) is 8.84. The van der Waals surface area contributed by atoms with E-state index >= 15 is 0 Å². The van der Waals surface area contributed by atoms with Gasteiger partial charge in [0.2, 0.25) is 0 Å². The van der Waals surface area contributed by atoms with E-state index in [4.69, 9.17) is 23.2 Å². The molecule has 1 aliphatic carbocycles. The van der Waals surface area contributed by atoms with Gasteiger partial charge in [0.05, 0.1) is 22.0 Å². The van der Waals surface area contributed by atoms with E-state index in [1.807, 2.05) is 13.8 Å². The van der Waals surface area contributed by atoms with Crippen LogP contribution in [-0.4, -0.2) is 21.2 Å². The molecule has 1 aromatic carbocycles. The largest absolute Gasteiger partial charge is 0.504 e. The van der Waals surface area contributed by atoms with E-state index in [2.05, 4.69) is 17.2 Å². The van der Waals surface area contributed by atoms with Crippen molar-refractivity contribution in [2.75, 3.05) is 6.54 Å². The van der Waals surface area contributed by atoms with E-state index in [9.17, 15) is 9.90 Å². The third kappa shape index (κ3) is 4.46. The highest BCUT2D eigenvalue weighted by Crippen LogP contribution is 2.35. The van der Waals surface area contributed by atoms with Crippen molar-refractivity contribution in [2.24, 2.45) is 5.92 Å². The third-order valence-electron chi connectivity index (χ3n) is 4.04. The molecule has 2 N–H and O–H groups in total. The number of nitrogens with one attached hydrogen (secondary N) is 1. The summed E-state index contributed by atoms with van der Waals surface area (Å²) in [5, 5.41) is 14.0. The summed E-state index contributed by atoms with van der Waals surface area (Å²) in [5.74, 6) is 0.937. The second kappa shape index (κ2) is 8.88. The molecule has 1 heterocycles. The van der Waals surface area contributed by atoms with Crippen LogP contribution in [0.5, 0.6) is 5.75 Å². The number of hydrogen-bond donors (Lipinski definition) is 2. The Morgan fingerprint density at radius 3 is 2.60 bits per heavy atom. The topological polar surface area (TPSA) is 67.2 Å². The van der Waals surface area contributed by atoms with Crippen LogP contribution in [-0.2, 0) is 13.1 Å². The molecule has 138 valence electrons. The average molecular weight is 386 g/mol. The summed E-state index contributed by atoms with van der Waals surface area (Å²) in [6, 6.07) is 1.39. The lowest BCUT2D eigenvalue weighted by Crippen LogP contribution is -2.29. The van der Waals surface area contributed by atoms with Crippen molar-refractivity contribution >= 4 is 34.1 Å². The van der Waals surface area contributed by atoms with Gasteiger partial charge < -0.3 is 10.4 Å². The number of rotatable bonds is 6. The molecule has 1 aliphatic rings. The standard InChI is InChI=1S/C16H19Cl2N3O2.C2H6/c1-2-5-19-7-12-20-14-13(10(17)6-11(18)15(14)22)16(23)21(12)8-9-3-4-9;1-2/h6,9,19,22H,2-5,7-8H2,1H3;1-2H3. The van der Waals surface area contributed by atoms with Gasteiger partial charge in [0, 0.05) is 6.54 Å². The van der Waals surface area contributed by atoms with Gasteiger partial charge in [0.1, 0.15) is 11.3 Å². The van der Waals surface area contributed by atoms with Gasteiger partial charge in [-0.2, -0.15) is 0 Å². The van der Waals surface area contributed by atoms with E-state index in [1.54, 1.807) is 4.57 Å². The van der Waals surface area contributed by atoms with Crippen LogP contribution in [0.15, 0.2) is 10.9 Å². The van der Waals surface area contributed by atoms with Crippen molar-refractivity contribution in [3.05, 3.63) is 32.3 Å². The second-order valence-electron chi connectivity index (χ2n) is 5.98. The molecule has 1 saturated carbocycles. The first-order chi connectivity index (χ1) is 12.0. The number of aromatic hydroxyl groups is 1. The molecule has 0 aliphatic heterocycles. The lowest BCUT2D eigenvalue weighted by Gasteiger charge is -2.15. The Hall–Kier alpha value is -1.30. The molecule has 1 aromatic heterocycles. The quantitative estimate of drug-likeness (QED) is 0.725. The molecule has 0 bridgehead atoms. The predicted octanol–water partition coefficient (Wildman–Crippen LogP) is 4.34. The summed E-state index contributed by atoms with van der Waals surface area (Å²) in [6.07, 6.45) is 3.25. The molecule has 0 saturated heterocycles. The third-order valence-corrected chi connectivity index (χ3v) is 4.62. The Morgan fingerprint density at radius 2 is 2.00 bits per heavy atom. The maximum Gasteiger partial charge on any atom is 0.263 e. The highest BCUT2D eigenvalue weighted by Gasteiger charge is 2.25. The first-order valence-corrected chi connectivity index (χ1v) is 9.59. The minimum Gasteiger partial charge on any atom is -0.504 e. The van der Waals surface area contributed by atoms with Crippen molar-refractivity contribution in [1.82, 2.24) is 14.9 Å². The number of phenols is 1. The molecule has 0 unspecified atom stereocenters. The van der Waals surface area contributed by atoms with Gasteiger partial charge in [-0.05, 0) is 37.8 Å². The van der Waals surface area contributed by atoms with E-state index in [1.165, 1.54) is 6.07 Å². The van der Waals surface area contributed by atoms with Gasteiger partial charge >= 0.3 is 0 Å². The van der Waals surface area contributed by atoms with Crippen molar-refractivity contribution in [1.29, 1.82) is 0 Å². The molecule has 2 aromatic rings. The lowest BCUT2D eigenvalue weighted by molar-refractivity contribution is 0.478. The van der Waals surface area contributed by atoms with Crippen molar-refractivity contribution in [3.63, 3.8) is 0 Å². The number of halogens is 2. The normalized spacial score (nSPS) is 13.6. The fourth-order valence-electron chi connectivity index (χ4n) is 2.61. The Kier molecular flexibility index (Phi) is 7.11. The molecule has 0 atom stereocenters. The molecule has 3 rings (SSSR count). The number of aromatic nitrogens is 2. The SMILES string of the molecule is CC.CCCNCc1nc2c(O)c(Cl)cc(Cl)c2c(=O)n1CC1CC1. The molecule has 7 heteroatoms. The molecule has 5 nitrogen and oxygen atoms in total. The van der Waals surface area contributed by atoms with Crippen LogP contribution in [0.4, 0.5) is 0 Å². The zero-order valence-electron chi connectivity index (χ0n) is 14.9. The van der Waals surface area contributed by atoms with E-state index < -0.39 is 0 Å². The Balaban J connectivity index is 0.00000109. The zero-order valence-corrected chi connectivity index (χ0v) is 16.4. The molecular formula is C18H25Cl2N3O2. The van der Waals surface area contributed by atoms with E-state index in [0.29, 0.717) is 24.8 Å². The number of fused-ring (bicyclic) bond motifs is 1. The fraction of sp³-hybridized carbons (Fsp3) is 0.556. The summed E-state index contributed by atoms with van der Waals surface area (Å²) in [4.78, 5) is 17.4. The summed E-state index contributed by atoms with van der Waals surface area (Å²) in [6.45, 7) is 8.02. The zero-order chi connectivity index (χ0) is 18.6. The van der Waals surface area contributed by atoms with E-state index in [-0.39, 0.29) is 32.3 Å². The van der Waals surface area contributed by atoms with Crippen molar-refractivity contribution in [3.8, 4) is 5.75 Å². The Labute approximate surface area is 158 Å². The fourth-order valence-corrected chi connectivity index (χ4v) is 3.14. The first kappa shape index (κ1) is 20.0. The molecule has 0 amide bonds. The van der Waals surface area contributed by atoms with Crippen LogP contribution in [0.1, 0.15) is 45.9 Å². The van der Waals surface area contributed by atoms with Crippen molar-refractivity contribution < 1.29 is 5.11 Å². The maximum absolute atomic E-state index is 12.9. The maximum atomic E-state index is 12.9. The average Bonchev–Trinajstić information content (AvgIpc) is 3.41. The van der Waals surface area contributed by atoms with Crippen LogP contribution in [0.3, 0.4) is 0 Å². The molecular weight excluding hydrogens is 361 g/mol. The highest BCUT2D eigenvalue weighted by atomic mass is 35.5. The van der Waals surface area contributed by atoms with Crippen LogP contribution < -0.4 is 10.9 Å². The monoisotopic (exact) mass is 385 g/mol. The number of nitrogens with zero attached hydrogens (tertiary/aromatic N) is 2. The Bertz CT molecular complexity index is 801. The molecule has 0 spiro atoms. The predicted molar refractivity (Wildman–Crippen MR) is 104 cm³/mol. The van der Waals surface area contributed by atoms with Crippen LogP contribution in [0, 0.1) is 5.92 Å². The van der Waals surface area contributed by atoms with Gasteiger partial charge in [-0.1, -0.05) is 44.0 Å². The summed E-state index contributed by atoms with van der Waals surface area (Å²) >= 11 is 12.1. The van der Waals surface area contributed by atoms with Gasteiger partial charge in [-0.3, -0.25) is 9.36 Å². The van der Waals surface area contributed by atoms with Gasteiger partial charge in [0.25, 0.3) is 5.56 Å². The van der Waals surface area contributed by atoms with E-state index in [0.717, 1.165) is 25.8 Å². The summed E-state index contributed by atoms with van der Waals surface area (Å²) in [5.41, 5.74) is -0.0417. The van der Waals surface area contributed by atoms with Gasteiger partial charge in [-0.25, -0.2) is 4.98 Å². The number of hydrogen-bond acceptors (Lipinski definition) is 4.